The summed E-state index contributed by atoms with van der Waals surface area (Å²) < 4.78 is 0. The van der Waals surface area contributed by atoms with Crippen molar-refractivity contribution in [3.05, 3.63) is 59.3 Å². The highest BCUT2D eigenvalue weighted by atomic mass is 15.2. The highest BCUT2D eigenvalue weighted by molar-refractivity contribution is 5.48. The number of fused-ring (bicyclic) bond motifs is 1. The van der Waals surface area contributed by atoms with Crippen LogP contribution in [-0.4, -0.2) is 24.1 Å². The Morgan fingerprint density at radius 3 is 2.38 bits per heavy atom. The first kappa shape index (κ1) is 14.1. The van der Waals surface area contributed by atoms with Gasteiger partial charge >= 0.3 is 0 Å². The molecule has 3 rings (SSSR count). The summed E-state index contributed by atoms with van der Waals surface area (Å²) in [6, 6.07) is 13.1. The fourth-order valence-corrected chi connectivity index (χ4v) is 3.10. The lowest BCUT2D eigenvalue weighted by Crippen LogP contribution is -2.29. The van der Waals surface area contributed by atoms with E-state index < -0.39 is 0 Å². The molecule has 0 fully saturated rings. The number of anilines is 1. The Labute approximate surface area is 126 Å². The maximum Gasteiger partial charge on any atom is 0.131 e. The van der Waals surface area contributed by atoms with Crippen molar-refractivity contribution in [3.8, 4) is 0 Å². The van der Waals surface area contributed by atoms with Crippen LogP contribution < -0.4 is 10.6 Å². The average molecular weight is 281 g/mol. The van der Waals surface area contributed by atoms with Crippen LogP contribution in [0.3, 0.4) is 0 Å². The predicted molar refractivity (Wildman–Crippen MR) is 87.7 cm³/mol. The van der Waals surface area contributed by atoms with Gasteiger partial charge in [-0.1, -0.05) is 30.3 Å². The molecule has 2 N–H and O–H groups in total. The molecule has 1 aliphatic rings. The van der Waals surface area contributed by atoms with Gasteiger partial charge in [0.25, 0.3) is 0 Å². The van der Waals surface area contributed by atoms with Crippen molar-refractivity contribution in [1.82, 2.24) is 4.98 Å². The van der Waals surface area contributed by atoms with E-state index in [0.29, 0.717) is 0 Å². The van der Waals surface area contributed by atoms with Crippen LogP contribution in [0, 0.1) is 0 Å². The molecule has 0 saturated carbocycles. The summed E-state index contributed by atoms with van der Waals surface area (Å²) in [6.45, 7) is 4.11. The highest BCUT2D eigenvalue weighted by Gasteiger charge is 2.17. The van der Waals surface area contributed by atoms with Crippen LogP contribution in [0.15, 0.2) is 42.6 Å². The summed E-state index contributed by atoms with van der Waals surface area (Å²) in [5.74, 6) is 1.11. The number of aromatic nitrogens is 1. The summed E-state index contributed by atoms with van der Waals surface area (Å²) in [5, 5.41) is 0. The second kappa shape index (κ2) is 6.27. The van der Waals surface area contributed by atoms with Crippen LogP contribution in [0.25, 0.3) is 0 Å². The molecular weight excluding hydrogens is 258 g/mol. The number of nitrogens with two attached hydrogens (primary N) is 1. The van der Waals surface area contributed by atoms with Crippen LogP contribution >= 0.6 is 0 Å². The van der Waals surface area contributed by atoms with Crippen LogP contribution in [-0.2, 0) is 19.3 Å². The normalized spacial score (nSPS) is 16.2. The summed E-state index contributed by atoms with van der Waals surface area (Å²) in [7, 11) is 0. The molecule has 0 aliphatic carbocycles. The van der Waals surface area contributed by atoms with Gasteiger partial charge in [0.1, 0.15) is 5.82 Å². The van der Waals surface area contributed by atoms with Crippen molar-refractivity contribution in [2.24, 2.45) is 5.73 Å². The Morgan fingerprint density at radius 2 is 1.76 bits per heavy atom. The van der Waals surface area contributed by atoms with Crippen molar-refractivity contribution in [2.45, 2.75) is 32.2 Å². The summed E-state index contributed by atoms with van der Waals surface area (Å²) >= 11 is 0. The van der Waals surface area contributed by atoms with Crippen molar-refractivity contribution in [1.29, 1.82) is 0 Å². The summed E-state index contributed by atoms with van der Waals surface area (Å²) in [5.41, 5.74) is 10.2. The van der Waals surface area contributed by atoms with Gasteiger partial charge in [-0.2, -0.15) is 0 Å². The Kier molecular flexibility index (Phi) is 4.20. The van der Waals surface area contributed by atoms with E-state index in [1.807, 2.05) is 12.3 Å². The maximum atomic E-state index is 5.98. The van der Waals surface area contributed by atoms with Crippen LogP contribution in [0.4, 0.5) is 5.82 Å². The average Bonchev–Trinajstić information content (AvgIpc) is 2.70. The van der Waals surface area contributed by atoms with Crippen LogP contribution in [0.5, 0.6) is 0 Å². The van der Waals surface area contributed by atoms with Crippen molar-refractivity contribution >= 4 is 5.82 Å². The molecule has 2 aromatic rings. The Hall–Kier alpha value is -1.87. The van der Waals surface area contributed by atoms with E-state index >= 15 is 0 Å². The lowest BCUT2D eigenvalue weighted by molar-refractivity contribution is 0.720. The van der Waals surface area contributed by atoms with Crippen LogP contribution in [0.1, 0.15) is 23.6 Å². The predicted octanol–water partition coefficient (Wildman–Crippen LogP) is 2.58. The second-order valence-corrected chi connectivity index (χ2v) is 5.92. The van der Waals surface area contributed by atoms with Gasteiger partial charge in [-0.05, 0) is 48.9 Å². The zero-order valence-electron chi connectivity index (χ0n) is 12.6. The third-order valence-electron chi connectivity index (χ3n) is 4.13. The summed E-state index contributed by atoms with van der Waals surface area (Å²) in [4.78, 5) is 7.04. The molecule has 0 bridgehead atoms. The lowest BCUT2D eigenvalue weighted by atomic mass is 10.0. The zero-order valence-corrected chi connectivity index (χ0v) is 12.6. The molecule has 1 unspecified atom stereocenters. The highest BCUT2D eigenvalue weighted by Crippen LogP contribution is 2.23. The number of benzene rings is 1. The molecule has 1 aromatic carbocycles. The minimum Gasteiger partial charge on any atom is -0.356 e. The number of nitrogens with zero attached hydrogens (tertiary/aromatic N) is 2. The Bertz CT molecular complexity index is 580. The topological polar surface area (TPSA) is 42.1 Å². The van der Waals surface area contributed by atoms with Crippen molar-refractivity contribution < 1.29 is 0 Å². The molecule has 3 nitrogen and oxygen atoms in total. The maximum absolute atomic E-state index is 5.98. The standard InChI is InChI=1S/C18H23N3/c1-14(19)13-17-7-4-10-20-18(17)21-11-8-15-5-2-3-6-16(15)9-12-21/h2-7,10,14H,8-9,11-13,19H2,1H3. The molecule has 1 atom stereocenters. The molecular formula is C18H23N3. The fourth-order valence-electron chi connectivity index (χ4n) is 3.10. The first-order valence-corrected chi connectivity index (χ1v) is 7.75. The van der Waals surface area contributed by atoms with E-state index in [9.17, 15) is 0 Å². The van der Waals surface area contributed by atoms with Crippen molar-refractivity contribution in [2.75, 3.05) is 18.0 Å². The van der Waals surface area contributed by atoms with Gasteiger partial charge < -0.3 is 10.6 Å². The number of hydrogen-bond acceptors (Lipinski definition) is 3. The van der Waals surface area contributed by atoms with E-state index in [1.165, 1.54) is 16.7 Å². The quantitative estimate of drug-likeness (QED) is 0.940. The molecule has 0 radical (unpaired) electrons. The molecule has 3 heteroatoms. The first-order valence-electron chi connectivity index (χ1n) is 7.75. The van der Waals surface area contributed by atoms with E-state index in [0.717, 1.165) is 38.2 Å². The molecule has 0 saturated heterocycles. The minimum absolute atomic E-state index is 0.164. The molecule has 110 valence electrons. The molecule has 21 heavy (non-hydrogen) atoms. The number of hydrogen-bond donors (Lipinski definition) is 1. The Balaban J connectivity index is 1.83. The minimum atomic E-state index is 0.164. The van der Waals surface area contributed by atoms with Gasteiger partial charge in [-0.3, -0.25) is 0 Å². The lowest BCUT2D eigenvalue weighted by Gasteiger charge is -2.24. The van der Waals surface area contributed by atoms with E-state index in [2.05, 4.69) is 47.1 Å². The monoisotopic (exact) mass is 281 g/mol. The van der Waals surface area contributed by atoms with Gasteiger partial charge in [-0.15, -0.1) is 0 Å². The van der Waals surface area contributed by atoms with Crippen LogP contribution in [0.2, 0.25) is 0 Å². The smallest absolute Gasteiger partial charge is 0.131 e. The van der Waals surface area contributed by atoms with Crippen molar-refractivity contribution in [3.63, 3.8) is 0 Å². The molecule has 0 amide bonds. The second-order valence-electron chi connectivity index (χ2n) is 5.92. The van der Waals surface area contributed by atoms with Gasteiger partial charge in [0.2, 0.25) is 0 Å². The van der Waals surface area contributed by atoms with Gasteiger partial charge in [0.05, 0.1) is 0 Å². The molecule has 2 heterocycles. The van der Waals surface area contributed by atoms with E-state index in [1.54, 1.807) is 0 Å². The van der Waals surface area contributed by atoms with Gasteiger partial charge in [0, 0.05) is 25.3 Å². The molecule has 1 aromatic heterocycles. The van der Waals surface area contributed by atoms with E-state index in [-0.39, 0.29) is 6.04 Å². The first-order chi connectivity index (χ1) is 10.2. The largest absolute Gasteiger partial charge is 0.356 e. The zero-order chi connectivity index (χ0) is 14.7. The van der Waals surface area contributed by atoms with Gasteiger partial charge in [0.15, 0.2) is 0 Å². The van der Waals surface area contributed by atoms with E-state index in [4.69, 9.17) is 5.73 Å². The number of pyridine rings is 1. The van der Waals surface area contributed by atoms with Gasteiger partial charge in [-0.25, -0.2) is 4.98 Å². The third kappa shape index (κ3) is 3.24. The Morgan fingerprint density at radius 1 is 1.10 bits per heavy atom. The molecule has 0 spiro atoms. The summed E-state index contributed by atoms with van der Waals surface area (Å²) in [6.07, 6.45) is 4.94. The number of rotatable bonds is 3. The fraction of sp³-hybridized carbons (Fsp3) is 0.389. The molecule has 1 aliphatic heterocycles. The third-order valence-corrected chi connectivity index (χ3v) is 4.13. The SMILES string of the molecule is CC(N)Cc1cccnc1N1CCc2ccccc2CC1.